The van der Waals surface area contributed by atoms with Crippen molar-refractivity contribution >= 4 is 16.5 Å². The number of aromatic hydroxyl groups is 1. The highest BCUT2D eigenvalue weighted by molar-refractivity contribution is 5.93. The first-order valence-electron chi connectivity index (χ1n) is 10.3. The minimum atomic E-state index is -0.226. The van der Waals surface area contributed by atoms with Gasteiger partial charge in [-0.2, -0.15) is 0 Å². The number of nitrogens with zero attached hydrogens (tertiary/aromatic N) is 1. The van der Waals surface area contributed by atoms with E-state index in [-0.39, 0.29) is 11.8 Å². The van der Waals surface area contributed by atoms with Crippen LogP contribution in [0.3, 0.4) is 0 Å². The monoisotopic (exact) mass is 391 g/mol. The van der Waals surface area contributed by atoms with Crippen molar-refractivity contribution in [3.05, 3.63) is 60.7 Å². The second-order valence-electron chi connectivity index (χ2n) is 8.60. The van der Waals surface area contributed by atoms with Gasteiger partial charge in [-0.05, 0) is 69.3 Å². The molecule has 4 heteroatoms. The van der Waals surface area contributed by atoms with Crippen LogP contribution in [0.2, 0.25) is 0 Å². The third-order valence-electron chi connectivity index (χ3n) is 5.16. The van der Waals surface area contributed by atoms with Crippen molar-refractivity contribution in [3.63, 3.8) is 0 Å². The van der Waals surface area contributed by atoms with E-state index in [1.54, 1.807) is 0 Å². The molecular weight excluding hydrogens is 362 g/mol. The van der Waals surface area contributed by atoms with Crippen molar-refractivity contribution in [2.24, 2.45) is 0 Å². The molecule has 1 heterocycles. The summed E-state index contributed by atoms with van der Waals surface area (Å²) in [7, 11) is 0. The average molecular weight is 392 g/mol. The summed E-state index contributed by atoms with van der Waals surface area (Å²) >= 11 is 0. The number of anilines is 1. The maximum atomic E-state index is 10.9. The number of piperidine rings is 1. The standard InChI is InChI=1S/C25H29NO3/c1-25(2,3)29-20-14-12-19(13-15-20)28-23-10-6-7-17-26(23)22-16-11-18-8-4-5-9-21(18)24(22)27/h4-5,8-9,11-16,23,27H,6-7,10,17H2,1-3H3. The fourth-order valence-electron chi connectivity index (χ4n) is 3.87. The molecule has 3 aromatic rings. The van der Waals surface area contributed by atoms with E-state index in [9.17, 15) is 5.11 Å². The molecule has 1 aliphatic heterocycles. The molecule has 1 fully saturated rings. The lowest BCUT2D eigenvalue weighted by molar-refractivity contribution is 0.130. The zero-order valence-corrected chi connectivity index (χ0v) is 17.4. The largest absolute Gasteiger partial charge is 0.505 e. The molecule has 0 aliphatic carbocycles. The minimum absolute atomic E-state index is 0.106. The third-order valence-corrected chi connectivity index (χ3v) is 5.16. The summed E-state index contributed by atoms with van der Waals surface area (Å²) in [6.45, 7) is 6.97. The lowest BCUT2D eigenvalue weighted by atomic mass is 10.0. The highest BCUT2D eigenvalue weighted by Gasteiger charge is 2.27. The first-order chi connectivity index (χ1) is 13.9. The second kappa shape index (κ2) is 7.86. The van der Waals surface area contributed by atoms with Crippen LogP contribution < -0.4 is 14.4 Å². The van der Waals surface area contributed by atoms with Gasteiger partial charge in [0.05, 0.1) is 5.69 Å². The van der Waals surface area contributed by atoms with Gasteiger partial charge in [0.25, 0.3) is 0 Å². The van der Waals surface area contributed by atoms with Gasteiger partial charge in [0, 0.05) is 18.4 Å². The molecule has 152 valence electrons. The highest BCUT2D eigenvalue weighted by atomic mass is 16.5. The van der Waals surface area contributed by atoms with Gasteiger partial charge >= 0.3 is 0 Å². The molecule has 1 saturated heterocycles. The molecule has 29 heavy (non-hydrogen) atoms. The molecule has 1 N–H and O–H groups in total. The van der Waals surface area contributed by atoms with Gasteiger partial charge in [0.1, 0.15) is 22.8 Å². The van der Waals surface area contributed by atoms with Crippen molar-refractivity contribution in [2.45, 2.75) is 51.9 Å². The molecule has 3 aromatic carbocycles. The maximum absolute atomic E-state index is 10.9. The van der Waals surface area contributed by atoms with Crippen LogP contribution in [0.15, 0.2) is 60.7 Å². The van der Waals surface area contributed by atoms with Crippen LogP contribution in [0.5, 0.6) is 17.2 Å². The van der Waals surface area contributed by atoms with Gasteiger partial charge in [-0.25, -0.2) is 0 Å². The Hall–Kier alpha value is -2.88. The Morgan fingerprint density at radius 2 is 1.62 bits per heavy atom. The number of phenols is 1. The van der Waals surface area contributed by atoms with E-state index >= 15 is 0 Å². The fraction of sp³-hybridized carbons (Fsp3) is 0.360. The lowest BCUT2D eigenvalue weighted by Gasteiger charge is -2.37. The molecule has 1 aliphatic rings. The zero-order chi connectivity index (χ0) is 20.4. The molecule has 4 rings (SSSR count). The zero-order valence-electron chi connectivity index (χ0n) is 17.4. The van der Waals surface area contributed by atoms with Crippen molar-refractivity contribution in [2.75, 3.05) is 11.4 Å². The number of ether oxygens (including phenoxy) is 2. The van der Waals surface area contributed by atoms with Crippen molar-refractivity contribution in [3.8, 4) is 17.2 Å². The van der Waals surface area contributed by atoms with E-state index in [4.69, 9.17) is 9.47 Å². The molecule has 1 atom stereocenters. The predicted octanol–water partition coefficient (Wildman–Crippen LogP) is 6.12. The van der Waals surface area contributed by atoms with E-state index in [1.165, 1.54) is 0 Å². The van der Waals surface area contributed by atoms with Gasteiger partial charge in [-0.15, -0.1) is 0 Å². The molecule has 0 spiro atoms. The van der Waals surface area contributed by atoms with Crippen LogP contribution in [0.25, 0.3) is 10.8 Å². The fourth-order valence-corrected chi connectivity index (χ4v) is 3.87. The highest BCUT2D eigenvalue weighted by Crippen LogP contribution is 2.38. The predicted molar refractivity (Wildman–Crippen MR) is 118 cm³/mol. The lowest BCUT2D eigenvalue weighted by Crippen LogP contribution is -2.43. The number of rotatable bonds is 4. The molecule has 4 nitrogen and oxygen atoms in total. The normalized spacial score (nSPS) is 17.3. The molecule has 0 bridgehead atoms. The van der Waals surface area contributed by atoms with Crippen molar-refractivity contribution in [1.82, 2.24) is 0 Å². The summed E-state index contributed by atoms with van der Waals surface area (Å²) in [5, 5.41) is 12.8. The molecule has 1 unspecified atom stereocenters. The van der Waals surface area contributed by atoms with Crippen LogP contribution in [0.4, 0.5) is 5.69 Å². The average Bonchev–Trinajstić information content (AvgIpc) is 2.70. The number of hydrogen-bond donors (Lipinski definition) is 1. The Labute approximate surface area is 172 Å². The van der Waals surface area contributed by atoms with Crippen LogP contribution in [0, 0.1) is 0 Å². The summed E-state index contributed by atoms with van der Waals surface area (Å²) < 4.78 is 12.2. The van der Waals surface area contributed by atoms with Crippen LogP contribution in [-0.2, 0) is 0 Å². The topological polar surface area (TPSA) is 41.9 Å². The van der Waals surface area contributed by atoms with Gasteiger partial charge < -0.3 is 19.5 Å². The van der Waals surface area contributed by atoms with Gasteiger partial charge in [-0.3, -0.25) is 0 Å². The van der Waals surface area contributed by atoms with Crippen LogP contribution in [-0.4, -0.2) is 23.5 Å². The summed E-state index contributed by atoms with van der Waals surface area (Å²) in [6, 6.07) is 19.8. The van der Waals surface area contributed by atoms with Crippen LogP contribution in [0.1, 0.15) is 40.0 Å². The Kier molecular flexibility index (Phi) is 5.27. The van der Waals surface area contributed by atoms with Gasteiger partial charge in [0.2, 0.25) is 0 Å². The Bertz CT molecular complexity index is 976. The molecule has 0 saturated carbocycles. The van der Waals surface area contributed by atoms with E-state index in [0.29, 0.717) is 5.75 Å². The van der Waals surface area contributed by atoms with Crippen LogP contribution >= 0.6 is 0 Å². The molecular formula is C25H29NO3. The first kappa shape index (κ1) is 19.4. The summed E-state index contributed by atoms with van der Waals surface area (Å²) in [4.78, 5) is 2.19. The number of hydrogen-bond acceptors (Lipinski definition) is 4. The molecule has 0 amide bonds. The summed E-state index contributed by atoms with van der Waals surface area (Å²) in [5.74, 6) is 1.97. The molecule has 0 aromatic heterocycles. The second-order valence-corrected chi connectivity index (χ2v) is 8.60. The first-order valence-corrected chi connectivity index (χ1v) is 10.3. The summed E-state index contributed by atoms with van der Waals surface area (Å²) in [6.07, 6.45) is 3.02. The van der Waals surface area contributed by atoms with Gasteiger partial charge in [-0.1, -0.05) is 30.3 Å². The van der Waals surface area contributed by atoms with Crippen molar-refractivity contribution in [1.29, 1.82) is 0 Å². The Balaban J connectivity index is 1.56. The maximum Gasteiger partial charge on any atom is 0.172 e. The van der Waals surface area contributed by atoms with E-state index in [1.807, 2.05) is 75.4 Å². The Morgan fingerprint density at radius 3 is 2.38 bits per heavy atom. The third kappa shape index (κ3) is 4.42. The van der Waals surface area contributed by atoms with E-state index in [0.717, 1.165) is 53.8 Å². The quantitative estimate of drug-likeness (QED) is 0.582. The Morgan fingerprint density at radius 1 is 0.897 bits per heavy atom. The SMILES string of the molecule is CC(C)(C)Oc1ccc(OC2CCCCN2c2ccc3ccccc3c2O)cc1. The summed E-state index contributed by atoms with van der Waals surface area (Å²) in [5.41, 5.74) is 0.608. The number of benzene rings is 3. The minimum Gasteiger partial charge on any atom is -0.505 e. The number of fused-ring (bicyclic) bond motifs is 1. The molecule has 0 radical (unpaired) electrons. The van der Waals surface area contributed by atoms with E-state index < -0.39 is 0 Å². The smallest absolute Gasteiger partial charge is 0.172 e. The van der Waals surface area contributed by atoms with Crippen molar-refractivity contribution < 1.29 is 14.6 Å². The van der Waals surface area contributed by atoms with Gasteiger partial charge in [0.15, 0.2) is 6.23 Å². The van der Waals surface area contributed by atoms with E-state index in [2.05, 4.69) is 11.0 Å². The number of phenolic OH excluding ortho intramolecular Hbond substituents is 1.